The number of esters is 1. The standard InChI is InChI=1S/C10H15O5PS/c1-3-14-16(12,15-4-2)8-13-10(11)9-6-5-7-17-9/h5-7H,3-4,8H2,1-2H3. The Hall–Kier alpha value is -0.680. The predicted octanol–water partition coefficient (Wildman–Crippen LogP) is 3.13. The van der Waals surface area contributed by atoms with E-state index in [0.717, 1.165) is 0 Å². The minimum absolute atomic E-state index is 0.244. The first-order chi connectivity index (χ1) is 8.11. The summed E-state index contributed by atoms with van der Waals surface area (Å²) in [4.78, 5) is 12.0. The molecule has 0 atom stereocenters. The molecule has 0 unspecified atom stereocenters. The molecule has 96 valence electrons. The number of rotatable bonds is 7. The van der Waals surface area contributed by atoms with Crippen molar-refractivity contribution in [3.63, 3.8) is 0 Å². The minimum Gasteiger partial charge on any atom is -0.448 e. The Morgan fingerprint density at radius 2 is 2.00 bits per heavy atom. The summed E-state index contributed by atoms with van der Waals surface area (Å²) in [6.45, 7) is 3.89. The van der Waals surface area contributed by atoms with Gasteiger partial charge in [0, 0.05) is 0 Å². The lowest BCUT2D eigenvalue weighted by Gasteiger charge is -2.16. The highest BCUT2D eigenvalue weighted by molar-refractivity contribution is 7.53. The van der Waals surface area contributed by atoms with Crippen LogP contribution in [0.25, 0.3) is 0 Å². The maximum absolute atomic E-state index is 12.0. The molecule has 0 saturated heterocycles. The molecular formula is C10H15O5PS. The molecule has 0 radical (unpaired) electrons. The second-order valence-electron chi connectivity index (χ2n) is 2.98. The van der Waals surface area contributed by atoms with Crippen LogP contribution in [0.2, 0.25) is 0 Å². The molecular weight excluding hydrogens is 263 g/mol. The van der Waals surface area contributed by atoms with Crippen molar-refractivity contribution < 1.29 is 23.1 Å². The van der Waals surface area contributed by atoms with Gasteiger partial charge in [0.1, 0.15) is 4.88 Å². The SMILES string of the molecule is CCOP(=O)(COC(=O)c1cccs1)OCC. The molecule has 0 bridgehead atoms. The van der Waals surface area contributed by atoms with E-state index in [2.05, 4.69) is 0 Å². The minimum atomic E-state index is -3.31. The van der Waals surface area contributed by atoms with Gasteiger partial charge in [0.15, 0.2) is 6.35 Å². The first-order valence-electron chi connectivity index (χ1n) is 5.20. The van der Waals surface area contributed by atoms with Gasteiger partial charge < -0.3 is 13.8 Å². The van der Waals surface area contributed by atoms with Gasteiger partial charge in [-0.1, -0.05) is 6.07 Å². The summed E-state index contributed by atoms with van der Waals surface area (Å²) < 4.78 is 26.9. The molecule has 1 rings (SSSR count). The summed E-state index contributed by atoms with van der Waals surface area (Å²) in [5, 5.41) is 1.77. The lowest BCUT2D eigenvalue weighted by Crippen LogP contribution is -2.08. The van der Waals surface area contributed by atoms with Crippen LogP contribution in [0.5, 0.6) is 0 Å². The average molecular weight is 278 g/mol. The molecule has 0 spiro atoms. The van der Waals surface area contributed by atoms with E-state index in [4.69, 9.17) is 13.8 Å². The van der Waals surface area contributed by atoms with Crippen LogP contribution in [0.15, 0.2) is 17.5 Å². The fraction of sp³-hybridized carbons (Fsp3) is 0.500. The second kappa shape index (κ2) is 6.91. The van der Waals surface area contributed by atoms with E-state index < -0.39 is 13.6 Å². The number of ether oxygens (including phenoxy) is 1. The van der Waals surface area contributed by atoms with E-state index in [-0.39, 0.29) is 19.6 Å². The zero-order valence-electron chi connectivity index (χ0n) is 9.75. The third-order valence-electron chi connectivity index (χ3n) is 1.73. The van der Waals surface area contributed by atoms with Crippen LogP contribution >= 0.6 is 18.9 Å². The molecule has 0 aliphatic heterocycles. The van der Waals surface area contributed by atoms with Crippen LogP contribution in [0.1, 0.15) is 23.5 Å². The van der Waals surface area contributed by atoms with E-state index in [1.165, 1.54) is 11.3 Å². The van der Waals surface area contributed by atoms with Gasteiger partial charge in [-0.25, -0.2) is 4.79 Å². The van der Waals surface area contributed by atoms with Crippen molar-refractivity contribution in [3.8, 4) is 0 Å². The van der Waals surface area contributed by atoms with Crippen LogP contribution in [0, 0.1) is 0 Å². The summed E-state index contributed by atoms with van der Waals surface area (Å²) in [5.74, 6) is -0.514. The summed E-state index contributed by atoms with van der Waals surface area (Å²) in [6.07, 6.45) is -0.356. The van der Waals surface area contributed by atoms with E-state index in [9.17, 15) is 9.36 Å². The molecule has 0 aliphatic rings. The Morgan fingerprint density at radius 3 is 2.47 bits per heavy atom. The molecule has 0 aliphatic carbocycles. The quantitative estimate of drug-likeness (QED) is 0.566. The summed E-state index contributed by atoms with van der Waals surface area (Å²) in [5.41, 5.74) is 0. The van der Waals surface area contributed by atoms with Gasteiger partial charge in [0.25, 0.3) is 0 Å². The zero-order chi connectivity index (χ0) is 12.7. The van der Waals surface area contributed by atoms with Gasteiger partial charge in [0.2, 0.25) is 0 Å². The average Bonchev–Trinajstić information content (AvgIpc) is 2.80. The summed E-state index contributed by atoms with van der Waals surface area (Å²) in [7, 11) is -3.31. The highest BCUT2D eigenvalue weighted by Crippen LogP contribution is 2.47. The molecule has 0 amide bonds. The largest absolute Gasteiger partial charge is 0.448 e. The number of hydrogen-bond acceptors (Lipinski definition) is 6. The van der Waals surface area contributed by atoms with Crippen LogP contribution in [-0.2, 0) is 18.3 Å². The molecule has 1 aromatic heterocycles. The van der Waals surface area contributed by atoms with Crippen molar-refractivity contribution in [1.82, 2.24) is 0 Å². The Bertz CT molecular complexity index is 379. The fourth-order valence-electron chi connectivity index (χ4n) is 1.11. The van der Waals surface area contributed by atoms with Gasteiger partial charge >= 0.3 is 13.6 Å². The highest BCUT2D eigenvalue weighted by atomic mass is 32.1. The molecule has 17 heavy (non-hydrogen) atoms. The van der Waals surface area contributed by atoms with Crippen LogP contribution < -0.4 is 0 Å². The Labute approximate surface area is 104 Å². The van der Waals surface area contributed by atoms with E-state index in [0.29, 0.717) is 4.88 Å². The van der Waals surface area contributed by atoms with Gasteiger partial charge in [-0.2, -0.15) is 0 Å². The lowest BCUT2D eigenvalue weighted by molar-refractivity contribution is 0.0538. The number of hydrogen-bond donors (Lipinski definition) is 0. The highest BCUT2D eigenvalue weighted by Gasteiger charge is 2.26. The van der Waals surface area contributed by atoms with Crippen molar-refractivity contribution in [3.05, 3.63) is 22.4 Å². The summed E-state index contributed by atoms with van der Waals surface area (Å²) >= 11 is 1.26. The molecule has 1 heterocycles. The van der Waals surface area contributed by atoms with E-state index in [1.807, 2.05) is 0 Å². The molecule has 0 fully saturated rings. The predicted molar refractivity (Wildman–Crippen MR) is 65.5 cm³/mol. The first-order valence-corrected chi connectivity index (χ1v) is 7.81. The molecule has 0 aromatic carbocycles. The van der Waals surface area contributed by atoms with E-state index >= 15 is 0 Å². The summed E-state index contributed by atoms with van der Waals surface area (Å²) in [6, 6.07) is 3.38. The van der Waals surface area contributed by atoms with Gasteiger partial charge in [-0.3, -0.25) is 4.57 Å². The van der Waals surface area contributed by atoms with Gasteiger partial charge in [-0.05, 0) is 25.3 Å². The Kier molecular flexibility index (Phi) is 5.85. The zero-order valence-corrected chi connectivity index (χ0v) is 11.5. The fourth-order valence-corrected chi connectivity index (χ4v) is 3.01. The van der Waals surface area contributed by atoms with Crippen LogP contribution in [0.3, 0.4) is 0 Å². The third kappa shape index (κ3) is 4.60. The second-order valence-corrected chi connectivity index (χ2v) is 5.93. The van der Waals surface area contributed by atoms with Gasteiger partial charge in [-0.15, -0.1) is 11.3 Å². The topological polar surface area (TPSA) is 61.8 Å². The van der Waals surface area contributed by atoms with Crippen LogP contribution in [0.4, 0.5) is 0 Å². The molecule has 1 aromatic rings. The molecule has 7 heteroatoms. The van der Waals surface area contributed by atoms with Crippen molar-refractivity contribution >= 4 is 24.9 Å². The van der Waals surface area contributed by atoms with E-state index in [1.54, 1.807) is 31.4 Å². The Balaban J connectivity index is 2.52. The smallest absolute Gasteiger partial charge is 0.367 e. The molecule has 0 saturated carbocycles. The van der Waals surface area contributed by atoms with Crippen molar-refractivity contribution in [2.75, 3.05) is 19.6 Å². The maximum atomic E-state index is 12.0. The number of carbonyl (C=O) groups is 1. The molecule has 0 N–H and O–H groups in total. The van der Waals surface area contributed by atoms with Crippen molar-refractivity contribution in [2.45, 2.75) is 13.8 Å². The maximum Gasteiger partial charge on any atom is 0.367 e. The van der Waals surface area contributed by atoms with Gasteiger partial charge in [0.05, 0.1) is 13.2 Å². The number of carbonyl (C=O) groups excluding carboxylic acids is 1. The van der Waals surface area contributed by atoms with Crippen LogP contribution in [-0.4, -0.2) is 25.5 Å². The first kappa shape index (κ1) is 14.4. The monoisotopic (exact) mass is 278 g/mol. The van der Waals surface area contributed by atoms with Crippen molar-refractivity contribution in [2.24, 2.45) is 0 Å². The normalized spacial score (nSPS) is 11.4. The third-order valence-corrected chi connectivity index (χ3v) is 4.33. The molecule has 5 nitrogen and oxygen atoms in total. The van der Waals surface area contributed by atoms with Crippen molar-refractivity contribution in [1.29, 1.82) is 0 Å². The Morgan fingerprint density at radius 1 is 1.35 bits per heavy atom. The number of thiophene rings is 1. The lowest BCUT2D eigenvalue weighted by atomic mass is 10.5.